The molecular formula is C29H40O. The zero-order chi connectivity index (χ0) is 20.8. The summed E-state index contributed by atoms with van der Waals surface area (Å²) in [4.78, 5) is 0. The number of rotatable bonds is 7. The van der Waals surface area contributed by atoms with E-state index in [0.29, 0.717) is 0 Å². The molecule has 1 heteroatoms. The van der Waals surface area contributed by atoms with E-state index in [1.807, 2.05) is 7.11 Å². The van der Waals surface area contributed by atoms with Gasteiger partial charge in [-0.3, -0.25) is 0 Å². The molecule has 2 fully saturated rings. The molecule has 162 valence electrons. The normalized spacial score (nSPS) is 34.4. The Hall–Kier alpha value is -1.60. The van der Waals surface area contributed by atoms with E-state index in [1.54, 1.807) is 0 Å². The lowest BCUT2D eigenvalue weighted by Crippen LogP contribution is -2.37. The van der Waals surface area contributed by atoms with Crippen LogP contribution in [0, 0.1) is 29.1 Å². The van der Waals surface area contributed by atoms with E-state index in [-0.39, 0.29) is 5.41 Å². The minimum atomic E-state index is 0.194. The van der Waals surface area contributed by atoms with Gasteiger partial charge in [0.2, 0.25) is 0 Å². The summed E-state index contributed by atoms with van der Waals surface area (Å²) < 4.78 is 5.77. The van der Waals surface area contributed by atoms with E-state index >= 15 is 0 Å². The molecule has 1 nitrogen and oxygen atoms in total. The van der Waals surface area contributed by atoms with Gasteiger partial charge in [0.25, 0.3) is 0 Å². The molecule has 0 N–H and O–H groups in total. The number of hydrogen-bond acceptors (Lipinski definition) is 1. The molecule has 2 saturated carbocycles. The van der Waals surface area contributed by atoms with Crippen molar-refractivity contribution in [3.8, 4) is 0 Å². The largest absolute Gasteiger partial charge is 0.384 e. The van der Waals surface area contributed by atoms with E-state index in [4.69, 9.17) is 4.74 Å². The van der Waals surface area contributed by atoms with Crippen LogP contribution in [0.1, 0.15) is 69.8 Å². The van der Waals surface area contributed by atoms with Crippen molar-refractivity contribution in [1.29, 1.82) is 0 Å². The lowest BCUT2D eigenvalue weighted by Gasteiger charge is -2.45. The van der Waals surface area contributed by atoms with Crippen LogP contribution in [-0.2, 0) is 4.74 Å². The van der Waals surface area contributed by atoms with Crippen molar-refractivity contribution in [2.45, 2.75) is 64.2 Å². The first kappa shape index (κ1) is 21.6. The molecule has 0 aromatic heterocycles. The predicted octanol–water partition coefficient (Wildman–Crippen LogP) is 7.85. The van der Waals surface area contributed by atoms with E-state index in [0.717, 1.165) is 36.7 Å². The molecule has 0 radical (unpaired) electrons. The Bertz CT molecular complexity index is 729. The highest BCUT2D eigenvalue weighted by atomic mass is 16.5. The van der Waals surface area contributed by atoms with Gasteiger partial charge < -0.3 is 4.74 Å². The fraction of sp³-hybridized carbons (Fsp3) is 0.586. The van der Waals surface area contributed by atoms with Gasteiger partial charge in [-0.05, 0) is 99.0 Å². The molecule has 4 rings (SSSR count). The molecule has 0 heterocycles. The van der Waals surface area contributed by atoms with Crippen LogP contribution in [-0.4, -0.2) is 13.7 Å². The number of benzene rings is 1. The molecule has 1 aromatic rings. The molecule has 0 saturated heterocycles. The predicted molar refractivity (Wildman–Crippen MR) is 128 cm³/mol. The molecule has 1 unspecified atom stereocenters. The summed E-state index contributed by atoms with van der Waals surface area (Å²) in [5, 5.41) is 0. The minimum absolute atomic E-state index is 0.194. The van der Waals surface area contributed by atoms with Crippen molar-refractivity contribution in [3.05, 3.63) is 66.8 Å². The molecule has 1 atom stereocenters. The lowest BCUT2D eigenvalue weighted by molar-refractivity contribution is 0.0347. The van der Waals surface area contributed by atoms with Crippen molar-refractivity contribution >= 4 is 5.57 Å². The van der Waals surface area contributed by atoms with Crippen molar-refractivity contribution < 1.29 is 4.74 Å². The average Bonchev–Trinajstić information content (AvgIpc) is 2.81. The van der Waals surface area contributed by atoms with Gasteiger partial charge in [0.15, 0.2) is 0 Å². The van der Waals surface area contributed by atoms with Gasteiger partial charge >= 0.3 is 0 Å². The zero-order valence-corrected chi connectivity index (χ0v) is 18.9. The second kappa shape index (κ2) is 10.1. The number of methoxy groups -OCH3 is 1. The lowest BCUT2D eigenvalue weighted by atomic mass is 9.61. The summed E-state index contributed by atoms with van der Waals surface area (Å²) in [6.45, 7) is 4.79. The smallest absolute Gasteiger partial charge is 0.0558 e. The van der Waals surface area contributed by atoms with Crippen molar-refractivity contribution in [2.75, 3.05) is 13.7 Å². The molecule has 0 spiro atoms. The first-order valence-corrected chi connectivity index (χ1v) is 12.3. The van der Waals surface area contributed by atoms with E-state index < -0.39 is 0 Å². The van der Waals surface area contributed by atoms with Crippen LogP contribution >= 0.6 is 0 Å². The number of hydrogen-bond donors (Lipinski definition) is 0. The third kappa shape index (κ3) is 4.83. The Morgan fingerprint density at radius 1 is 0.967 bits per heavy atom. The van der Waals surface area contributed by atoms with Gasteiger partial charge in [-0.1, -0.05) is 54.6 Å². The zero-order valence-electron chi connectivity index (χ0n) is 18.9. The topological polar surface area (TPSA) is 9.23 Å². The van der Waals surface area contributed by atoms with Crippen molar-refractivity contribution in [3.63, 3.8) is 0 Å². The summed E-state index contributed by atoms with van der Waals surface area (Å²) >= 11 is 0. The summed E-state index contributed by atoms with van der Waals surface area (Å²) in [5.41, 5.74) is 2.89. The third-order valence-electron chi connectivity index (χ3n) is 8.46. The Labute approximate surface area is 184 Å². The maximum absolute atomic E-state index is 5.77. The second-order valence-corrected chi connectivity index (χ2v) is 10.1. The van der Waals surface area contributed by atoms with Crippen LogP contribution in [0.4, 0.5) is 0 Å². The maximum Gasteiger partial charge on any atom is 0.0558 e. The fourth-order valence-corrected chi connectivity index (χ4v) is 6.63. The first-order chi connectivity index (χ1) is 14.7. The van der Waals surface area contributed by atoms with Crippen LogP contribution in [0.25, 0.3) is 5.57 Å². The Morgan fingerprint density at radius 3 is 2.20 bits per heavy atom. The molecule has 0 bridgehead atoms. The highest BCUT2D eigenvalue weighted by Crippen LogP contribution is 2.49. The van der Waals surface area contributed by atoms with Gasteiger partial charge in [0.05, 0.1) is 6.61 Å². The molecule has 3 aliphatic carbocycles. The van der Waals surface area contributed by atoms with E-state index in [9.17, 15) is 0 Å². The van der Waals surface area contributed by atoms with Gasteiger partial charge in [-0.15, -0.1) is 6.58 Å². The number of ether oxygens (including phenoxy) is 1. The standard InChI is InChI=1S/C29H40O/c1-3-7-23-10-12-25(13-11-23)26-14-16-28(17-15-26)29(22-30-2)20-18-27(19-21-29)24-8-5-4-6-9-24/h3-6,8-9,18-20,23,25-26,28H,1,7,10-17,21-22H2,2H3. The highest BCUT2D eigenvalue weighted by molar-refractivity contribution is 5.75. The van der Waals surface area contributed by atoms with Crippen LogP contribution in [0.15, 0.2) is 61.2 Å². The molecule has 3 aliphatic rings. The van der Waals surface area contributed by atoms with E-state index in [1.165, 1.54) is 68.9 Å². The van der Waals surface area contributed by atoms with Crippen molar-refractivity contribution in [2.24, 2.45) is 29.1 Å². The quantitative estimate of drug-likeness (QED) is 0.420. The van der Waals surface area contributed by atoms with E-state index in [2.05, 4.69) is 61.2 Å². The minimum Gasteiger partial charge on any atom is -0.384 e. The van der Waals surface area contributed by atoms with Crippen LogP contribution in [0.3, 0.4) is 0 Å². The summed E-state index contributed by atoms with van der Waals surface area (Å²) in [5.74, 6) is 3.62. The van der Waals surface area contributed by atoms with Gasteiger partial charge in [0, 0.05) is 12.5 Å². The van der Waals surface area contributed by atoms with Crippen LogP contribution < -0.4 is 0 Å². The first-order valence-electron chi connectivity index (χ1n) is 12.3. The highest BCUT2D eigenvalue weighted by Gasteiger charge is 2.40. The summed E-state index contributed by atoms with van der Waals surface area (Å²) in [6, 6.07) is 10.8. The number of allylic oxidation sites excluding steroid dienone is 4. The third-order valence-corrected chi connectivity index (χ3v) is 8.46. The monoisotopic (exact) mass is 404 g/mol. The van der Waals surface area contributed by atoms with Gasteiger partial charge in [-0.25, -0.2) is 0 Å². The molecule has 0 aliphatic heterocycles. The van der Waals surface area contributed by atoms with Gasteiger partial charge in [-0.2, -0.15) is 0 Å². The molecule has 1 aromatic carbocycles. The summed E-state index contributed by atoms with van der Waals surface area (Å²) in [7, 11) is 1.87. The average molecular weight is 405 g/mol. The summed E-state index contributed by atoms with van der Waals surface area (Å²) in [6.07, 6.45) is 23.2. The van der Waals surface area contributed by atoms with Crippen LogP contribution in [0.2, 0.25) is 0 Å². The van der Waals surface area contributed by atoms with Crippen molar-refractivity contribution in [1.82, 2.24) is 0 Å². The Balaban J connectivity index is 1.35. The second-order valence-electron chi connectivity index (χ2n) is 10.1. The molecular weight excluding hydrogens is 364 g/mol. The van der Waals surface area contributed by atoms with Gasteiger partial charge in [0.1, 0.15) is 0 Å². The fourth-order valence-electron chi connectivity index (χ4n) is 6.63. The maximum atomic E-state index is 5.77. The Kier molecular flexibility index (Phi) is 7.31. The van der Waals surface area contributed by atoms with Crippen LogP contribution in [0.5, 0.6) is 0 Å². The molecule has 0 amide bonds. The molecule has 30 heavy (non-hydrogen) atoms. The Morgan fingerprint density at radius 2 is 1.63 bits per heavy atom. The SMILES string of the molecule is C=CCC1CCC(C2CCC(C3(COC)C=CC(c4ccccc4)=CC3)CC2)CC1.